The highest BCUT2D eigenvalue weighted by Gasteiger charge is 2.17. The predicted octanol–water partition coefficient (Wildman–Crippen LogP) is 2.40. The number of hydrogen-bond acceptors (Lipinski definition) is 5. The molecule has 0 aliphatic heterocycles. The van der Waals surface area contributed by atoms with Crippen molar-refractivity contribution in [2.45, 2.75) is 19.0 Å². The van der Waals surface area contributed by atoms with E-state index in [0.29, 0.717) is 18.0 Å². The average Bonchev–Trinajstić information content (AvgIpc) is 3.21. The van der Waals surface area contributed by atoms with Crippen molar-refractivity contribution in [3.05, 3.63) is 72.1 Å². The molecule has 0 aliphatic carbocycles. The van der Waals surface area contributed by atoms with Crippen LogP contribution >= 0.6 is 0 Å². The third-order valence-electron chi connectivity index (χ3n) is 4.16. The summed E-state index contributed by atoms with van der Waals surface area (Å²) < 4.78 is 10.5. The van der Waals surface area contributed by atoms with Gasteiger partial charge in [0.25, 0.3) is 0 Å². The number of benzene rings is 2. The van der Waals surface area contributed by atoms with E-state index < -0.39 is 0 Å². The molecule has 0 fully saturated rings. The Labute approximate surface area is 157 Å². The predicted molar refractivity (Wildman–Crippen MR) is 101 cm³/mol. The van der Waals surface area contributed by atoms with Gasteiger partial charge >= 0.3 is 0 Å². The molecule has 1 unspecified atom stereocenters. The standard InChI is InChI=1S/C20H22N4O3/c1-26-18-9-8-15(12-19(18)27-2)13-20(25)23-17(14-24-21-10-11-22-24)16-6-4-3-5-7-16/h3-12,17H,13-14H2,1-2H3,(H,23,25). The van der Waals surface area contributed by atoms with Gasteiger partial charge in [-0.05, 0) is 23.3 Å². The molecule has 0 spiro atoms. The average molecular weight is 366 g/mol. The van der Waals surface area contributed by atoms with Crippen molar-refractivity contribution in [2.75, 3.05) is 14.2 Å². The van der Waals surface area contributed by atoms with Crippen LogP contribution in [0.3, 0.4) is 0 Å². The lowest BCUT2D eigenvalue weighted by Crippen LogP contribution is -2.33. The first kappa shape index (κ1) is 18.4. The number of nitrogens with zero attached hydrogens (tertiary/aromatic N) is 3. The molecule has 7 heteroatoms. The van der Waals surface area contributed by atoms with Crippen molar-refractivity contribution in [2.24, 2.45) is 0 Å². The van der Waals surface area contributed by atoms with Gasteiger partial charge in [-0.2, -0.15) is 15.0 Å². The van der Waals surface area contributed by atoms with Gasteiger partial charge in [-0.25, -0.2) is 0 Å². The van der Waals surface area contributed by atoms with Crippen molar-refractivity contribution in [1.82, 2.24) is 20.3 Å². The molecule has 27 heavy (non-hydrogen) atoms. The SMILES string of the molecule is COc1ccc(CC(=O)NC(Cn2nccn2)c2ccccc2)cc1OC. The lowest BCUT2D eigenvalue weighted by Gasteiger charge is -2.19. The zero-order chi connectivity index (χ0) is 19.1. The Hall–Kier alpha value is -3.35. The molecule has 0 saturated heterocycles. The van der Waals surface area contributed by atoms with E-state index >= 15 is 0 Å². The molecule has 7 nitrogen and oxygen atoms in total. The summed E-state index contributed by atoms with van der Waals surface area (Å²) in [4.78, 5) is 14.2. The van der Waals surface area contributed by atoms with E-state index in [9.17, 15) is 4.79 Å². The van der Waals surface area contributed by atoms with Gasteiger partial charge < -0.3 is 14.8 Å². The highest BCUT2D eigenvalue weighted by Crippen LogP contribution is 2.27. The van der Waals surface area contributed by atoms with Crippen LogP contribution in [-0.2, 0) is 17.8 Å². The van der Waals surface area contributed by atoms with Crippen molar-refractivity contribution >= 4 is 5.91 Å². The van der Waals surface area contributed by atoms with Gasteiger partial charge in [0.1, 0.15) is 0 Å². The Bertz CT molecular complexity index is 866. The first-order valence-corrected chi connectivity index (χ1v) is 8.59. The Morgan fingerprint density at radius 2 is 1.74 bits per heavy atom. The molecule has 2 aromatic carbocycles. The Kier molecular flexibility index (Phi) is 6.04. The highest BCUT2D eigenvalue weighted by atomic mass is 16.5. The van der Waals surface area contributed by atoms with Gasteiger partial charge in [-0.15, -0.1) is 0 Å². The lowest BCUT2D eigenvalue weighted by molar-refractivity contribution is -0.121. The van der Waals surface area contributed by atoms with Crippen LogP contribution in [0.25, 0.3) is 0 Å². The summed E-state index contributed by atoms with van der Waals surface area (Å²) in [5.41, 5.74) is 1.84. The third-order valence-corrected chi connectivity index (χ3v) is 4.16. The Balaban J connectivity index is 1.72. The van der Waals surface area contributed by atoms with Crippen molar-refractivity contribution in [3.8, 4) is 11.5 Å². The molecule has 1 heterocycles. The maximum atomic E-state index is 12.6. The maximum Gasteiger partial charge on any atom is 0.224 e. The number of aromatic nitrogens is 3. The number of rotatable bonds is 8. The van der Waals surface area contributed by atoms with Crippen LogP contribution in [0.1, 0.15) is 17.2 Å². The van der Waals surface area contributed by atoms with Crippen molar-refractivity contribution < 1.29 is 14.3 Å². The van der Waals surface area contributed by atoms with Crippen LogP contribution in [0.15, 0.2) is 60.9 Å². The second-order valence-corrected chi connectivity index (χ2v) is 5.98. The van der Waals surface area contributed by atoms with Crippen LogP contribution in [0.2, 0.25) is 0 Å². The zero-order valence-electron chi connectivity index (χ0n) is 15.3. The monoisotopic (exact) mass is 366 g/mol. The van der Waals surface area contributed by atoms with Gasteiger partial charge in [0.15, 0.2) is 11.5 Å². The molecule has 140 valence electrons. The minimum Gasteiger partial charge on any atom is -0.493 e. The number of nitrogens with one attached hydrogen (secondary N) is 1. The third kappa shape index (κ3) is 4.84. The summed E-state index contributed by atoms with van der Waals surface area (Å²) >= 11 is 0. The van der Waals surface area contributed by atoms with Crippen LogP contribution < -0.4 is 14.8 Å². The Morgan fingerprint density at radius 3 is 2.41 bits per heavy atom. The number of hydrogen-bond donors (Lipinski definition) is 1. The smallest absolute Gasteiger partial charge is 0.224 e. The second-order valence-electron chi connectivity index (χ2n) is 5.98. The minimum atomic E-state index is -0.230. The number of carbonyl (C=O) groups excluding carboxylic acids is 1. The number of carbonyl (C=O) groups is 1. The van der Waals surface area contributed by atoms with E-state index in [1.165, 1.54) is 0 Å². The molecule has 0 saturated carbocycles. The number of ether oxygens (including phenoxy) is 2. The molecular formula is C20H22N4O3. The highest BCUT2D eigenvalue weighted by molar-refractivity contribution is 5.79. The van der Waals surface area contributed by atoms with Crippen molar-refractivity contribution in [1.29, 1.82) is 0 Å². The molecule has 3 rings (SSSR count). The molecule has 1 amide bonds. The van der Waals surface area contributed by atoms with Crippen molar-refractivity contribution in [3.63, 3.8) is 0 Å². The first-order valence-electron chi connectivity index (χ1n) is 8.59. The van der Waals surface area contributed by atoms with Crippen LogP contribution in [0.4, 0.5) is 0 Å². The molecular weight excluding hydrogens is 344 g/mol. The zero-order valence-corrected chi connectivity index (χ0v) is 15.3. The number of amides is 1. The normalized spacial score (nSPS) is 11.6. The van der Waals surface area contributed by atoms with Crippen LogP contribution in [0, 0.1) is 0 Å². The summed E-state index contributed by atoms with van der Waals surface area (Å²) in [5, 5.41) is 11.4. The van der Waals surface area contributed by atoms with Crippen LogP contribution in [-0.4, -0.2) is 35.1 Å². The molecule has 1 atom stereocenters. The van der Waals surface area contributed by atoms with E-state index in [1.54, 1.807) is 37.5 Å². The van der Waals surface area contributed by atoms with E-state index in [0.717, 1.165) is 11.1 Å². The molecule has 0 radical (unpaired) electrons. The van der Waals surface area contributed by atoms with E-state index in [2.05, 4.69) is 15.5 Å². The fraction of sp³-hybridized carbons (Fsp3) is 0.250. The number of methoxy groups -OCH3 is 2. The first-order chi connectivity index (χ1) is 13.2. The summed E-state index contributed by atoms with van der Waals surface area (Å²) in [6, 6.07) is 15.0. The van der Waals surface area contributed by atoms with Gasteiger partial charge in [0, 0.05) is 0 Å². The van der Waals surface area contributed by atoms with Crippen LogP contribution in [0.5, 0.6) is 11.5 Å². The topological polar surface area (TPSA) is 78.3 Å². The van der Waals surface area contributed by atoms with Gasteiger partial charge in [-0.3, -0.25) is 4.79 Å². The fourth-order valence-corrected chi connectivity index (χ4v) is 2.84. The summed E-state index contributed by atoms with van der Waals surface area (Å²) in [6.45, 7) is 0.453. The van der Waals surface area contributed by atoms with E-state index in [-0.39, 0.29) is 18.4 Å². The molecule has 1 aromatic heterocycles. The largest absolute Gasteiger partial charge is 0.493 e. The summed E-state index contributed by atoms with van der Waals surface area (Å²) in [5.74, 6) is 1.14. The van der Waals surface area contributed by atoms with E-state index in [4.69, 9.17) is 9.47 Å². The lowest BCUT2D eigenvalue weighted by atomic mass is 10.1. The molecule has 3 aromatic rings. The summed E-state index contributed by atoms with van der Waals surface area (Å²) in [6.07, 6.45) is 3.47. The fourth-order valence-electron chi connectivity index (χ4n) is 2.84. The Morgan fingerprint density at radius 1 is 1.04 bits per heavy atom. The summed E-state index contributed by atoms with van der Waals surface area (Å²) in [7, 11) is 3.15. The molecule has 1 N–H and O–H groups in total. The van der Waals surface area contributed by atoms with Gasteiger partial charge in [0.2, 0.25) is 5.91 Å². The minimum absolute atomic E-state index is 0.0942. The quantitative estimate of drug-likeness (QED) is 0.662. The molecule has 0 aliphatic rings. The second kappa shape index (κ2) is 8.84. The van der Waals surface area contributed by atoms with Gasteiger partial charge in [-0.1, -0.05) is 36.4 Å². The van der Waals surface area contributed by atoms with E-state index in [1.807, 2.05) is 42.5 Å². The molecule has 0 bridgehead atoms. The maximum absolute atomic E-state index is 12.6. The van der Waals surface area contributed by atoms with Gasteiger partial charge in [0.05, 0.1) is 45.6 Å².